The van der Waals surface area contributed by atoms with Gasteiger partial charge in [0.1, 0.15) is 11.7 Å². The van der Waals surface area contributed by atoms with E-state index >= 15 is 0 Å². The Bertz CT molecular complexity index is 405. The highest BCUT2D eigenvalue weighted by molar-refractivity contribution is 5.18. The molecule has 0 aliphatic heterocycles. The molecular weight excluding hydrogens is 240 g/mol. The molecule has 1 aromatic heterocycles. The van der Waals surface area contributed by atoms with Crippen LogP contribution in [-0.2, 0) is 0 Å². The minimum Gasteiger partial charge on any atom is -0.472 e. The molecule has 1 unspecified atom stereocenters. The molecule has 0 saturated heterocycles. The van der Waals surface area contributed by atoms with E-state index in [2.05, 4.69) is 31.1 Å². The van der Waals surface area contributed by atoms with E-state index in [1.807, 2.05) is 32.9 Å². The summed E-state index contributed by atoms with van der Waals surface area (Å²) in [6.07, 6.45) is -0.636. The van der Waals surface area contributed by atoms with Gasteiger partial charge in [-0.2, -0.15) is 0 Å². The molecule has 1 heterocycles. The van der Waals surface area contributed by atoms with E-state index in [0.717, 1.165) is 0 Å². The van der Waals surface area contributed by atoms with Crippen LogP contribution in [0, 0.1) is 0 Å². The molecule has 1 rings (SSSR count). The summed E-state index contributed by atoms with van der Waals surface area (Å²) in [5.41, 5.74) is 0.305. The van der Waals surface area contributed by atoms with Crippen LogP contribution in [0.3, 0.4) is 0 Å². The second kappa shape index (κ2) is 5.88. The molecule has 4 heteroatoms. The lowest BCUT2D eigenvalue weighted by molar-refractivity contribution is 0.119. The Hall–Kier alpha value is -1.13. The molecule has 0 fully saturated rings. The minimum absolute atomic E-state index is 0.0273. The fourth-order valence-corrected chi connectivity index (χ4v) is 1.49. The number of aliphatic hydroxyl groups excluding tert-OH is 1. The SMILES string of the molecule is CC(C)(C)NCC(O)c1cccc(OC(C)(C)C)n1. The molecule has 108 valence electrons. The van der Waals surface area contributed by atoms with Crippen LogP contribution >= 0.6 is 0 Å². The molecule has 1 atom stereocenters. The van der Waals surface area contributed by atoms with Gasteiger partial charge in [0.05, 0.1) is 5.69 Å². The zero-order valence-electron chi connectivity index (χ0n) is 12.8. The molecule has 0 aliphatic carbocycles. The Morgan fingerprint density at radius 3 is 2.37 bits per heavy atom. The van der Waals surface area contributed by atoms with Crippen molar-refractivity contribution in [3.05, 3.63) is 23.9 Å². The van der Waals surface area contributed by atoms with Gasteiger partial charge in [-0.1, -0.05) is 6.07 Å². The summed E-state index contributed by atoms with van der Waals surface area (Å²) < 4.78 is 5.70. The third-order valence-electron chi connectivity index (χ3n) is 2.32. The van der Waals surface area contributed by atoms with Crippen molar-refractivity contribution in [1.82, 2.24) is 10.3 Å². The van der Waals surface area contributed by atoms with Gasteiger partial charge in [-0.05, 0) is 47.6 Å². The summed E-state index contributed by atoms with van der Waals surface area (Å²) in [6, 6.07) is 5.47. The average Bonchev–Trinajstić information content (AvgIpc) is 2.23. The van der Waals surface area contributed by atoms with Crippen molar-refractivity contribution in [3.8, 4) is 5.88 Å². The van der Waals surface area contributed by atoms with Crippen molar-refractivity contribution in [2.45, 2.75) is 58.8 Å². The minimum atomic E-state index is -0.636. The Morgan fingerprint density at radius 1 is 1.21 bits per heavy atom. The van der Waals surface area contributed by atoms with Gasteiger partial charge < -0.3 is 15.2 Å². The molecule has 0 spiro atoms. The Kier molecular flexibility index (Phi) is 4.93. The van der Waals surface area contributed by atoms with Gasteiger partial charge in [0, 0.05) is 18.2 Å². The molecule has 2 N–H and O–H groups in total. The van der Waals surface area contributed by atoms with Gasteiger partial charge in [0.2, 0.25) is 5.88 Å². The van der Waals surface area contributed by atoms with E-state index < -0.39 is 6.10 Å². The molecule has 0 aliphatic rings. The number of nitrogens with one attached hydrogen (secondary N) is 1. The highest BCUT2D eigenvalue weighted by Crippen LogP contribution is 2.18. The number of hydrogen-bond donors (Lipinski definition) is 2. The predicted octanol–water partition coefficient (Wildman–Crippen LogP) is 2.68. The zero-order chi connectivity index (χ0) is 14.7. The van der Waals surface area contributed by atoms with Gasteiger partial charge in [-0.15, -0.1) is 0 Å². The van der Waals surface area contributed by atoms with Gasteiger partial charge >= 0.3 is 0 Å². The van der Waals surface area contributed by atoms with E-state index in [1.54, 1.807) is 6.07 Å². The van der Waals surface area contributed by atoms with Crippen LogP contribution in [0.5, 0.6) is 5.88 Å². The summed E-state index contributed by atoms with van der Waals surface area (Å²) in [4.78, 5) is 4.35. The van der Waals surface area contributed by atoms with Crippen molar-refractivity contribution < 1.29 is 9.84 Å². The molecule has 1 aromatic rings. The smallest absolute Gasteiger partial charge is 0.214 e. The normalized spacial score (nSPS) is 14.3. The Labute approximate surface area is 116 Å². The molecule has 0 bridgehead atoms. The maximum Gasteiger partial charge on any atom is 0.214 e. The van der Waals surface area contributed by atoms with Crippen molar-refractivity contribution in [2.24, 2.45) is 0 Å². The standard InChI is InChI=1S/C15H26N2O2/c1-14(2,3)16-10-12(18)11-8-7-9-13(17-11)19-15(4,5)6/h7-9,12,16,18H,10H2,1-6H3. The third kappa shape index (κ3) is 6.55. The Morgan fingerprint density at radius 2 is 1.84 bits per heavy atom. The monoisotopic (exact) mass is 266 g/mol. The molecule has 4 nitrogen and oxygen atoms in total. The lowest BCUT2D eigenvalue weighted by Gasteiger charge is -2.23. The molecular formula is C15H26N2O2. The average molecular weight is 266 g/mol. The van der Waals surface area contributed by atoms with Crippen molar-refractivity contribution in [1.29, 1.82) is 0 Å². The molecule has 0 saturated carbocycles. The van der Waals surface area contributed by atoms with Gasteiger partial charge in [-0.25, -0.2) is 4.98 Å². The van der Waals surface area contributed by atoms with Crippen molar-refractivity contribution >= 4 is 0 Å². The maximum absolute atomic E-state index is 10.1. The number of β-amino-alcohol motifs (C(OH)–C–C–N with tert-alkyl or cyclic N) is 1. The number of pyridine rings is 1. The van der Waals surface area contributed by atoms with Crippen LogP contribution < -0.4 is 10.1 Å². The summed E-state index contributed by atoms with van der Waals surface area (Å²) in [6.45, 7) is 12.6. The second-order valence-corrected chi connectivity index (χ2v) is 6.76. The lowest BCUT2D eigenvalue weighted by Crippen LogP contribution is -2.38. The predicted molar refractivity (Wildman–Crippen MR) is 77.3 cm³/mol. The fourth-order valence-electron chi connectivity index (χ4n) is 1.49. The lowest BCUT2D eigenvalue weighted by atomic mass is 10.1. The van der Waals surface area contributed by atoms with E-state index in [-0.39, 0.29) is 11.1 Å². The first-order chi connectivity index (χ1) is 8.57. The summed E-state index contributed by atoms with van der Waals surface area (Å²) in [5, 5.41) is 13.4. The largest absolute Gasteiger partial charge is 0.472 e. The number of rotatable bonds is 4. The third-order valence-corrected chi connectivity index (χ3v) is 2.32. The quantitative estimate of drug-likeness (QED) is 0.879. The van der Waals surface area contributed by atoms with Crippen LogP contribution in [0.15, 0.2) is 18.2 Å². The number of nitrogens with zero attached hydrogens (tertiary/aromatic N) is 1. The molecule has 19 heavy (non-hydrogen) atoms. The second-order valence-electron chi connectivity index (χ2n) is 6.76. The van der Waals surface area contributed by atoms with Crippen molar-refractivity contribution in [2.75, 3.05) is 6.54 Å². The number of aliphatic hydroxyl groups is 1. The Balaban J connectivity index is 2.70. The van der Waals surface area contributed by atoms with Crippen LogP contribution in [0.1, 0.15) is 53.3 Å². The van der Waals surface area contributed by atoms with E-state index in [9.17, 15) is 5.11 Å². The van der Waals surface area contributed by atoms with Gasteiger partial charge in [-0.3, -0.25) is 0 Å². The van der Waals surface area contributed by atoms with E-state index in [4.69, 9.17) is 4.74 Å². The first-order valence-corrected chi connectivity index (χ1v) is 6.66. The van der Waals surface area contributed by atoms with Crippen LogP contribution in [0.25, 0.3) is 0 Å². The molecule has 0 aromatic carbocycles. The summed E-state index contributed by atoms with van der Waals surface area (Å²) in [5.74, 6) is 0.541. The van der Waals surface area contributed by atoms with E-state index in [1.165, 1.54) is 0 Å². The first-order valence-electron chi connectivity index (χ1n) is 6.66. The molecule has 0 amide bonds. The van der Waals surface area contributed by atoms with Crippen molar-refractivity contribution in [3.63, 3.8) is 0 Å². The first kappa shape index (κ1) is 15.9. The highest BCUT2D eigenvalue weighted by Gasteiger charge is 2.17. The van der Waals surface area contributed by atoms with Crippen LogP contribution in [-0.4, -0.2) is 27.8 Å². The summed E-state index contributed by atoms with van der Waals surface area (Å²) in [7, 11) is 0. The number of aromatic nitrogens is 1. The van der Waals surface area contributed by atoms with Gasteiger partial charge in [0.15, 0.2) is 0 Å². The number of ether oxygens (including phenoxy) is 1. The van der Waals surface area contributed by atoms with E-state index in [0.29, 0.717) is 18.1 Å². The van der Waals surface area contributed by atoms with Gasteiger partial charge in [0.25, 0.3) is 0 Å². The number of hydrogen-bond acceptors (Lipinski definition) is 4. The fraction of sp³-hybridized carbons (Fsp3) is 0.667. The van der Waals surface area contributed by atoms with Crippen LogP contribution in [0.4, 0.5) is 0 Å². The zero-order valence-corrected chi connectivity index (χ0v) is 12.8. The maximum atomic E-state index is 10.1. The highest BCUT2D eigenvalue weighted by atomic mass is 16.5. The summed E-state index contributed by atoms with van der Waals surface area (Å²) >= 11 is 0. The molecule has 0 radical (unpaired) electrons. The van der Waals surface area contributed by atoms with Crippen LogP contribution in [0.2, 0.25) is 0 Å². The topological polar surface area (TPSA) is 54.4 Å².